The molecule has 0 aliphatic heterocycles. The first-order valence-electron chi connectivity index (χ1n) is 34.8. The van der Waals surface area contributed by atoms with Crippen molar-refractivity contribution in [1.29, 1.82) is 0 Å². The van der Waals surface area contributed by atoms with E-state index in [-0.39, 0.29) is 31.1 Å². The summed E-state index contributed by atoms with van der Waals surface area (Å²) in [5, 5.41) is 0. The summed E-state index contributed by atoms with van der Waals surface area (Å²) < 4.78 is 16.9. The fourth-order valence-corrected chi connectivity index (χ4v) is 10.2. The third-order valence-electron chi connectivity index (χ3n) is 15.5. The first kappa shape index (κ1) is 76.1. The summed E-state index contributed by atoms with van der Waals surface area (Å²) in [5.74, 6) is -0.861. The van der Waals surface area contributed by atoms with E-state index in [1.165, 1.54) is 244 Å². The van der Waals surface area contributed by atoms with Crippen LogP contribution in [0.25, 0.3) is 0 Å². The average Bonchev–Trinajstić information content (AvgIpc) is 3.45. The summed E-state index contributed by atoms with van der Waals surface area (Å²) >= 11 is 0. The van der Waals surface area contributed by atoms with Gasteiger partial charge in [-0.2, -0.15) is 0 Å². The van der Waals surface area contributed by atoms with E-state index in [9.17, 15) is 14.4 Å². The van der Waals surface area contributed by atoms with Gasteiger partial charge in [0.05, 0.1) is 0 Å². The Hall–Kier alpha value is -2.89. The van der Waals surface area contributed by atoms with Crippen molar-refractivity contribution in [2.45, 2.75) is 374 Å². The molecule has 1 unspecified atom stereocenters. The molecule has 0 heterocycles. The van der Waals surface area contributed by atoms with E-state index in [4.69, 9.17) is 14.2 Å². The van der Waals surface area contributed by atoms with Gasteiger partial charge in [0.25, 0.3) is 0 Å². The molecule has 0 N–H and O–H groups in total. The number of ether oxygens (including phenoxy) is 3. The molecule has 6 heteroatoms. The molecule has 0 rings (SSSR count). The summed E-state index contributed by atoms with van der Waals surface area (Å²) in [7, 11) is 0. The number of esters is 3. The number of hydrogen-bond donors (Lipinski definition) is 0. The van der Waals surface area contributed by atoms with E-state index >= 15 is 0 Å². The molecule has 0 aliphatic carbocycles. The molecule has 6 nitrogen and oxygen atoms in total. The summed E-state index contributed by atoms with van der Waals surface area (Å²) in [4.78, 5) is 38.3. The van der Waals surface area contributed by atoms with E-state index in [0.717, 1.165) is 83.5 Å². The zero-order valence-corrected chi connectivity index (χ0v) is 52.9. The Morgan fingerprint density at radius 2 is 0.456 bits per heavy atom. The van der Waals surface area contributed by atoms with Gasteiger partial charge in [-0.15, -0.1) is 0 Å². The molecule has 79 heavy (non-hydrogen) atoms. The maximum Gasteiger partial charge on any atom is 0.306 e. The fraction of sp³-hybridized carbons (Fsp3) is 0.822. The SMILES string of the molecule is CCCCCC/C=C\C/C=C\CCCCCCCCCC(=O)OC(COC(=O)CCCCCCCCCCCC)COC(=O)CCCCCCCCCCCCCCCCCCCC/C=C\C/C=C\C/C=C\CCCCCCC. The Bertz CT molecular complexity index is 1410. The van der Waals surface area contributed by atoms with Crippen LogP contribution in [-0.2, 0) is 28.6 Å². The van der Waals surface area contributed by atoms with Gasteiger partial charge >= 0.3 is 17.9 Å². The second-order valence-electron chi connectivity index (χ2n) is 23.4. The van der Waals surface area contributed by atoms with E-state index in [2.05, 4.69) is 81.5 Å². The number of carbonyl (C=O) groups is 3. The predicted octanol–water partition coefficient (Wildman–Crippen LogP) is 23.9. The van der Waals surface area contributed by atoms with Crippen molar-refractivity contribution in [3.05, 3.63) is 60.8 Å². The maximum atomic E-state index is 12.9. The van der Waals surface area contributed by atoms with Crippen molar-refractivity contribution >= 4 is 17.9 Å². The molecule has 0 aromatic rings. The molecule has 0 amide bonds. The minimum atomic E-state index is -0.775. The molecule has 0 aromatic carbocycles. The molecule has 0 bridgehead atoms. The summed E-state index contributed by atoms with van der Waals surface area (Å²) in [6.07, 6.45) is 86.9. The number of rotatable bonds is 64. The third kappa shape index (κ3) is 65.8. The number of carbonyl (C=O) groups excluding carboxylic acids is 3. The Morgan fingerprint density at radius 1 is 0.253 bits per heavy atom. The third-order valence-corrected chi connectivity index (χ3v) is 15.5. The van der Waals surface area contributed by atoms with Crippen LogP contribution in [0.2, 0.25) is 0 Å². The second kappa shape index (κ2) is 67.6. The molecular formula is C73H132O6. The molecule has 0 fully saturated rings. The summed E-state index contributed by atoms with van der Waals surface area (Å²) in [5.41, 5.74) is 0. The first-order valence-corrected chi connectivity index (χ1v) is 34.8. The molecule has 460 valence electrons. The standard InChI is InChI=1S/C73H132O6/c1-4-7-10-13-16-19-22-24-26-28-30-31-32-33-34-35-36-37-38-39-40-41-42-43-44-46-47-49-51-54-57-60-63-66-72(75)78-69-70(68-77-71(74)65-62-59-56-53-21-18-15-12-9-6-3)79-73(76)67-64-61-58-55-52-50-48-45-29-27-25-23-20-17-14-11-8-5-2/h20,22-24,27-30,32-33,70H,4-19,21,25-26,31,34-69H2,1-3H3/b23-20-,24-22-,29-27-,30-28-,33-32-. The van der Waals surface area contributed by atoms with Crippen LogP contribution in [0.5, 0.6) is 0 Å². The highest BCUT2D eigenvalue weighted by atomic mass is 16.6. The van der Waals surface area contributed by atoms with Crippen LogP contribution in [-0.4, -0.2) is 37.2 Å². The van der Waals surface area contributed by atoms with E-state index < -0.39 is 6.10 Å². The van der Waals surface area contributed by atoms with Crippen LogP contribution >= 0.6 is 0 Å². The van der Waals surface area contributed by atoms with Gasteiger partial charge in [-0.1, -0.05) is 319 Å². The van der Waals surface area contributed by atoms with Gasteiger partial charge in [0.2, 0.25) is 0 Å². The Labute approximate surface area is 491 Å². The zero-order chi connectivity index (χ0) is 57.1. The predicted molar refractivity (Wildman–Crippen MR) is 344 cm³/mol. The molecule has 0 spiro atoms. The number of unbranched alkanes of at least 4 members (excludes halogenated alkanes) is 43. The van der Waals surface area contributed by atoms with Crippen LogP contribution in [0.15, 0.2) is 60.8 Å². The van der Waals surface area contributed by atoms with Gasteiger partial charge in [-0.25, -0.2) is 0 Å². The Kier molecular flexibility index (Phi) is 65.1. The van der Waals surface area contributed by atoms with Crippen molar-refractivity contribution < 1.29 is 28.6 Å². The van der Waals surface area contributed by atoms with Crippen molar-refractivity contribution in [1.82, 2.24) is 0 Å². The number of allylic oxidation sites excluding steroid dienone is 10. The van der Waals surface area contributed by atoms with Crippen molar-refractivity contribution in [2.75, 3.05) is 13.2 Å². The molecule has 1 atom stereocenters. The van der Waals surface area contributed by atoms with E-state index in [1.54, 1.807) is 0 Å². The van der Waals surface area contributed by atoms with Crippen molar-refractivity contribution in [3.63, 3.8) is 0 Å². The lowest BCUT2D eigenvalue weighted by Crippen LogP contribution is -2.30. The van der Waals surface area contributed by atoms with Gasteiger partial charge < -0.3 is 14.2 Å². The van der Waals surface area contributed by atoms with E-state index in [1.807, 2.05) is 0 Å². The lowest BCUT2D eigenvalue weighted by atomic mass is 10.0. The van der Waals surface area contributed by atoms with Crippen LogP contribution in [0.4, 0.5) is 0 Å². The Balaban J connectivity index is 4.09. The molecule has 0 saturated heterocycles. The van der Waals surface area contributed by atoms with E-state index in [0.29, 0.717) is 19.3 Å². The van der Waals surface area contributed by atoms with Crippen LogP contribution < -0.4 is 0 Å². The lowest BCUT2D eigenvalue weighted by Gasteiger charge is -2.18. The largest absolute Gasteiger partial charge is 0.462 e. The monoisotopic (exact) mass is 1110 g/mol. The quantitative estimate of drug-likeness (QED) is 0.0261. The summed E-state index contributed by atoms with van der Waals surface area (Å²) in [6.45, 7) is 6.64. The average molecular weight is 1110 g/mol. The molecule has 0 aromatic heterocycles. The molecular weight excluding hydrogens is 973 g/mol. The van der Waals surface area contributed by atoms with Gasteiger partial charge in [0.15, 0.2) is 6.10 Å². The van der Waals surface area contributed by atoms with Crippen molar-refractivity contribution in [2.24, 2.45) is 0 Å². The lowest BCUT2D eigenvalue weighted by molar-refractivity contribution is -0.167. The first-order chi connectivity index (χ1) is 39.0. The van der Waals surface area contributed by atoms with Crippen LogP contribution in [0, 0.1) is 0 Å². The van der Waals surface area contributed by atoms with Gasteiger partial charge in [0, 0.05) is 19.3 Å². The maximum absolute atomic E-state index is 12.9. The van der Waals surface area contributed by atoms with Crippen molar-refractivity contribution in [3.8, 4) is 0 Å². The van der Waals surface area contributed by atoms with Crippen LogP contribution in [0.1, 0.15) is 367 Å². The zero-order valence-electron chi connectivity index (χ0n) is 52.9. The molecule has 0 saturated carbocycles. The molecule has 0 radical (unpaired) electrons. The van der Waals surface area contributed by atoms with Gasteiger partial charge in [-0.3, -0.25) is 14.4 Å². The Morgan fingerprint density at radius 3 is 0.722 bits per heavy atom. The summed E-state index contributed by atoms with van der Waals surface area (Å²) in [6, 6.07) is 0. The normalized spacial score (nSPS) is 12.4. The number of hydrogen-bond acceptors (Lipinski definition) is 6. The van der Waals surface area contributed by atoms with Crippen LogP contribution in [0.3, 0.4) is 0 Å². The smallest absolute Gasteiger partial charge is 0.306 e. The second-order valence-corrected chi connectivity index (χ2v) is 23.4. The van der Waals surface area contributed by atoms with Gasteiger partial charge in [0.1, 0.15) is 13.2 Å². The van der Waals surface area contributed by atoms with Gasteiger partial charge in [-0.05, 0) is 89.9 Å². The molecule has 0 aliphatic rings. The highest BCUT2D eigenvalue weighted by molar-refractivity contribution is 5.71. The minimum absolute atomic E-state index is 0.0727. The highest BCUT2D eigenvalue weighted by Gasteiger charge is 2.19. The topological polar surface area (TPSA) is 78.9 Å². The fourth-order valence-electron chi connectivity index (χ4n) is 10.2. The minimum Gasteiger partial charge on any atom is -0.462 e. The highest BCUT2D eigenvalue weighted by Crippen LogP contribution is 2.18.